The van der Waals surface area contributed by atoms with Gasteiger partial charge in [-0.05, 0) is 37.5 Å². The average molecular weight is 291 g/mol. The van der Waals surface area contributed by atoms with Crippen LogP contribution in [0.3, 0.4) is 0 Å². The van der Waals surface area contributed by atoms with Crippen LogP contribution in [0.25, 0.3) is 0 Å². The number of hydrogen-bond donors (Lipinski definition) is 1. The number of esters is 1. The van der Waals surface area contributed by atoms with Crippen LogP contribution in [0.15, 0.2) is 18.2 Å². The van der Waals surface area contributed by atoms with E-state index in [0.717, 1.165) is 24.2 Å². The van der Waals surface area contributed by atoms with E-state index in [9.17, 15) is 4.79 Å². The molecule has 0 aliphatic carbocycles. The summed E-state index contributed by atoms with van der Waals surface area (Å²) in [5, 5.41) is 0. The van der Waals surface area contributed by atoms with Crippen LogP contribution in [0.4, 0.5) is 0 Å². The molecule has 1 aromatic carbocycles. The smallest absolute Gasteiger partial charge is 0.305 e. The number of ether oxygens (including phenoxy) is 2. The predicted molar refractivity (Wildman–Crippen MR) is 82.4 cm³/mol. The van der Waals surface area contributed by atoms with Gasteiger partial charge in [0, 0.05) is 23.4 Å². The maximum Gasteiger partial charge on any atom is 0.305 e. The third kappa shape index (κ3) is 3.76. The Morgan fingerprint density at radius 2 is 2.24 bits per heavy atom. The molecule has 0 fully saturated rings. The molecular weight excluding hydrogens is 266 g/mol. The molecule has 4 nitrogen and oxygen atoms in total. The SMILES string of the molecule is CCOC(=O)CCCC(N)c1ccc2c(c1)C(C)(C)CO2. The van der Waals surface area contributed by atoms with Crippen molar-refractivity contribution in [2.75, 3.05) is 13.2 Å². The zero-order valence-electron chi connectivity index (χ0n) is 13.1. The van der Waals surface area contributed by atoms with E-state index in [2.05, 4.69) is 19.9 Å². The number of hydrogen-bond acceptors (Lipinski definition) is 4. The molecule has 2 N–H and O–H groups in total. The molecule has 0 saturated heterocycles. The number of benzene rings is 1. The molecule has 0 amide bonds. The van der Waals surface area contributed by atoms with Crippen molar-refractivity contribution in [1.29, 1.82) is 0 Å². The van der Waals surface area contributed by atoms with Crippen molar-refractivity contribution in [3.8, 4) is 5.75 Å². The third-order valence-electron chi connectivity index (χ3n) is 3.95. The molecule has 1 aliphatic rings. The van der Waals surface area contributed by atoms with Crippen LogP contribution in [-0.2, 0) is 14.9 Å². The minimum absolute atomic E-state index is 0.0377. The summed E-state index contributed by atoms with van der Waals surface area (Å²) in [6.07, 6.45) is 1.96. The number of carbonyl (C=O) groups is 1. The number of rotatable bonds is 6. The summed E-state index contributed by atoms with van der Waals surface area (Å²) < 4.78 is 10.6. The van der Waals surface area contributed by atoms with Gasteiger partial charge in [0.2, 0.25) is 0 Å². The Hall–Kier alpha value is -1.55. The van der Waals surface area contributed by atoms with Crippen molar-refractivity contribution >= 4 is 5.97 Å². The van der Waals surface area contributed by atoms with Gasteiger partial charge >= 0.3 is 5.97 Å². The van der Waals surface area contributed by atoms with E-state index in [1.54, 1.807) is 0 Å². The van der Waals surface area contributed by atoms with E-state index < -0.39 is 0 Å². The van der Waals surface area contributed by atoms with Crippen molar-refractivity contribution in [2.45, 2.75) is 51.5 Å². The number of nitrogens with two attached hydrogens (primary N) is 1. The van der Waals surface area contributed by atoms with E-state index in [0.29, 0.717) is 19.6 Å². The zero-order valence-corrected chi connectivity index (χ0v) is 13.1. The highest BCUT2D eigenvalue weighted by Gasteiger charge is 2.32. The highest BCUT2D eigenvalue weighted by molar-refractivity contribution is 5.69. The highest BCUT2D eigenvalue weighted by Crippen LogP contribution is 2.39. The quantitative estimate of drug-likeness (QED) is 0.818. The first-order chi connectivity index (χ1) is 9.94. The van der Waals surface area contributed by atoms with Gasteiger partial charge in [-0.15, -0.1) is 0 Å². The Kier molecular flexibility index (Phi) is 4.88. The van der Waals surface area contributed by atoms with Gasteiger partial charge < -0.3 is 15.2 Å². The first kappa shape index (κ1) is 15.8. The van der Waals surface area contributed by atoms with Crippen LogP contribution in [0, 0.1) is 0 Å². The largest absolute Gasteiger partial charge is 0.492 e. The molecule has 0 radical (unpaired) electrons. The molecule has 0 aromatic heterocycles. The summed E-state index contributed by atoms with van der Waals surface area (Å²) in [6.45, 7) is 7.32. The van der Waals surface area contributed by atoms with Gasteiger partial charge in [-0.2, -0.15) is 0 Å². The number of fused-ring (bicyclic) bond motifs is 1. The van der Waals surface area contributed by atoms with E-state index in [1.807, 2.05) is 19.1 Å². The van der Waals surface area contributed by atoms with Gasteiger partial charge in [-0.25, -0.2) is 0 Å². The van der Waals surface area contributed by atoms with Crippen molar-refractivity contribution < 1.29 is 14.3 Å². The molecule has 2 rings (SSSR count). The first-order valence-electron chi connectivity index (χ1n) is 7.62. The van der Waals surface area contributed by atoms with Gasteiger partial charge in [0.05, 0.1) is 13.2 Å². The van der Waals surface area contributed by atoms with Gasteiger partial charge in [0.15, 0.2) is 0 Å². The fraction of sp³-hybridized carbons (Fsp3) is 0.588. The second-order valence-corrected chi connectivity index (χ2v) is 6.23. The van der Waals surface area contributed by atoms with Crippen LogP contribution in [-0.4, -0.2) is 19.2 Å². The first-order valence-corrected chi connectivity index (χ1v) is 7.62. The van der Waals surface area contributed by atoms with Crippen LogP contribution in [0.2, 0.25) is 0 Å². The Bertz CT molecular complexity index is 511. The second-order valence-electron chi connectivity index (χ2n) is 6.23. The topological polar surface area (TPSA) is 61.5 Å². The van der Waals surface area contributed by atoms with Crippen LogP contribution >= 0.6 is 0 Å². The molecule has 1 aromatic rings. The molecule has 116 valence electrons. The molecule has 1 heterocycles. The molecular formula is C17H25NO3. The van der Waals surface area contributed by atoms with E-state index in [4.69, 9.17) is 15.2 Å². The highest BCUT2D eigenvalue weighted by atomic mass is 16.5. The molecule has 0 spiro atoms. The molecule has 1 atom stereocenters. The van der Waals surface area contributed by atoms with Gasteiger partial charge in [-0.1, -0.05) is 19.9 Å². The maximum absolute atomic E-state index is 11.3. The van der Waals surface area contributed by atoms with Gasteiger partial charge in [-0.3, -0.25) is 4.79 Å². The lowest BCUT2D eigenvalue weighted by atomic mass is 9.85. The van der Waals surface area contributed by atoms with E-state index in [-0.39, 0.29) is 17.4 Å². The normalized spacial score (nSPS) is 17.0. The van der Waals surface area contributed by atoms with Crippen molar-refractivity contribution in [1.82, 2.24) is 0 Å². The second kappa shape index (κ2) is 6.48. The molecule has 0 saturated carbocycles. The molecule has 1 unspecified atom stereocenters. The average Bonchev–Trinajstić information content (AvgIpc) is 2.74. The van der Waals surface area contributed by atoms with Crippen LogP contribution < -0.4 is 10.5 Å². The fourth-order valence-electron chi connectivity index (χ4n) is 2.64. The number of carbonyl (C=O) groups excluding carboxylic acids is 1. The predicted octanol–water partition coefficient (Wildman–Crippen LogP) is 3.09. The lowest BCUT2D eigenvalue weighted by Gasteiger charge is -2.18. The Morgan fingerprint density at radius 1 is 1.48 bits per heavy atom. The van der Waals surface area contributed by atoms with Crippen molar-refractivity contribution in [3.63, 3.8) is 0 Å². The lowest BCUT2D eigenvalue weighted by molar-refractivity contribution is -0.143. The maximum atomic E-state index is 11.3. The van der Waals surface area contributed by atoms with Gasteiger partial charge in [0.25, 0.3) is 0 Å². The fourth-order valence-corrected chi connectivity index (χ4v) is 2.64. The molecule has 0 bridgehead atoms. The monoisotopic (exact) mass is 291 g/mol. The minimum Gasteiger partial charge on any atom is -0.492 e. The van der Waals surface area contributed by atoms with Crippen molar-refractivity contribution in [3.05, 3.63) is 29.3 Å². The third-order valence-corrected chi connectivity index (χ3v) is 3.95. The summed E-state index contributed by atoms with van der Waals surface area (Å²) in [6, 6.07) is 6.12. The summed E-state index contributed by atoms with van der Waals surface area (Å²) >= 11 is 0. The van der Waals surface area contributed by atoms with E-state index in [1.165, 1.54) is 5.56 Å². The summed E-state index contributed by atoms with van der Waals surface area (Å²) in [7, 11) is 0. The van der Waals surface area contributed by atoms with Crippen LogP contribution in [0.5, 0.6) is 5.75 Å². The lowest BCUT2D eigenvalue weighted by Crippen LogP contribution is -2.19. The molecule has 1 aliphatic heterocycles. The Balaban J connectivity index is 1.95. The summed E-state index contributed by atoms with van der Waals surface area (Å²) in [5.41, 5.74) is 8.61. The Morgan fingerprint density at radius 3 is 2.95 bits per heavy atom. The molecule has 21 heavy (non-hydrogen) atoms. The van der Waals surface area contributed by atoms with E-state index >= 15 is 0 Å². The zero-order chi connectivity index (χ0) is 15.5. The van der Waals surface area contributed by atoms with Crippen LogP contribution in [0.1, 0.15) is 57.2 Å². The van der Waals surface area contributed by atoms with Gasteiger partial charge in [0.1, 0.15) is 5.75 Å². The Labute approximate surface area is 126 Å². The van der Waals surface area contributed by atoms with Crippen molar-refractivity contribution in [2.24, 2.45) is 5.73 Å². The minimum atomic E-state index is -0.145. The summed E-state index contributed by atoms with van der Waals surface area (Å²) in [5.74, 6) is 0.815. The summed E-state index contributed by atoms with van der Waals surface area (Å²) in [4.78, 5) is 11.3. The molecule has 4 heteroatoms. The standard InChI is InChI=1S/C17H25NO3/c1-4-20-16(19)7-5-6-14(18)12-8-9-15-13(10-12)17(2,3)11-21-15/h8-10,14H,4-7,11,18H2,1-3H3.